The Bertz CT molecular complexity index is 733. The molecule has 2 heteroatoms. The van der Waals surface area contributed by atoms with E-state index < -0.39 is 0 Å². The maximum absolute atomic E-state index is 9.74. The Morgan fingerprint density at radius 1 is 1.00 bits per heavy atom. The highest BCUT2D eigenvalue weighted by molar-refractivity contribution is 5.47. The van der Waals surface area contributed by atoms with Crippen molar-refractivity contribution in [2.75, 3.05) is 0 Å². The van der Waals surface area contributed by atoms with Gasteiger partial charge in [0.2, 0.25) is 0 Å². The molecule has 0 fully saturated rings. The average molecular weight is 383 g/mol. The Balaban J connectivity index is 1.72. The van der Waals surface area contributed by atoms with E-state index in [0.717, 1.165) is 61.8 Å². The van der Waals surface area contributed by atoms with Gasteiger partial charge in [-0.05, 0) is 109 Å². The predicted octanol–water partition coefficient (Wildman–Crippen LogP) is 7.59. The lowest BCUT2D eigenvalue weighted by Gasteiger charge is -2.27. The molecule has 1 aromatic carbocycles. The number of hydrogen-bond donors (Lipinski definition) is 1. The molecule has 154 valence electrons. The fraction of sp³-hybridized carbons (Fsp3) is 0.538. The number of aryl methyl sites for hydroxylation is 2. The van der Waals surface area contributed by atoms with E-state index >= 15 is 0 Å². The van der Waals surface area contributed by atoms with Crippen LogP contribution in [0.15, 0.2) is 47.1 Å². The molecular formula is C26H38O2. The Morgan fingerprint density at radius 2 is 1.64 bits per heavy atom. The van der Waals surface area contributed by atoms with Crippen molar-refractivity contribution in [2.45, 2.75) is 92.1 Å². The normalized spacial score (nSPS) is 17.1. The minimum absolute atomic E-state index is 0.289. The SMILES string of the molecule is CC(C)=CCCC(C)=CCCC(C)=CCCC1CCc2cc(O)cc(C)c2O1. The van der Waals surface area contributed by atoms with E-state index in [2.05, 4.69) is 45.9 Å². The summed E-state index contributed by atoms with van der Waals surface area (Å²) in [5.74, 6) is 1.33. The summed E-state index contributed by atoms with van der Waals surface area (Å²) >= 11 is 0. The standard InChI is InChI=1S/C26H38O2/c1-19(2)9-6-10-20(3)11-7-12-21(4)13-8-14-25-16-15-23-18-24(27)17-22(5)26(23)28-25/h9,11,13,17-18,25,27H,6-8,10,12,14-16H2,1-5H3. The lowest BCUT2D eigenvalue weighted by molar-refractivity contribution is 0.163. The summed E-state index contributed by atoms with van der Waals surface area (Å²) in [4.78, 5) is 0. The zero-order chi connectivity index (χ0) is 20.5. The monoisotopic (exact) mass is 382 g/mol. The largest absolute Gasteiger partial charge is 0.508 e. The second-order valence-electron chi connectivity index (χ2n) is 8.57. The van der Waals surface area contributed by atoms with Crippen LogP contribution in [0.2, 0.25) is 0 Å². The molecule has 0 saturated heterocycles. The quantitative estimate of drug-likeness (QED) is 0.446. The first-order valence-corrected chi connectivity index (χ1v) is 10.8. The van der Waals surface area contributed by atoms with Crippen LogP contribution in [0.1, 0.15) is 83.8 Å². The predicted molar refractivity (Wildman–Crippen MR) is 120 cm³/mol. The summed E-state index contributed by atoms with van der Waals surface area (Å²) in [5, 5.41) is 9.74. The Morgan fingerprint density at radius 3 is 2.32 bits per heavy atom. The van der Waals surface area contributed by atoms with Crippen LogP contribution < -0.4 is 4.74 Å². The van der Waals surface area contributed by atoms with Gasteiger partial charge in [0.05, 0.1) is 6.10 Å². The van der Waals surface area contributed by atoms with Gasteiger partial charge in [0.1, 0.15) is 11.5 Å². The number of allylic oxidation sites excluding steroid dienone is 6. The zero-order valence-corrected chi connectivity index (χ0v) is 18.5. The van der Waals surface area contributed by atoms with E-state index in [9.17, 15) is 5.11 Å². The van der Waals surface area contributed by atoms with Crippen LogP contribution in [-0.2, 0) is 6.42 Å². The fourth-order valence-electron chi connectivity index (χ4n) is 3.78. The molecule has 28 heavy (non-hydrogen) atoms. The van der Waals surface area contributed by atoms with E-state index in [-0.39, 0.29) is 6.10 Å². The third-order valence-electron chi connectivity index (χ3n) is 5.46. The molecule has 0 spiro atoms. The third-order valence-corrected chi connectivity index (χ3v) is 5.46. The summed E-state index contributed by atoms with van der Waals surface area (Å²) in [6.07, 6.45) is 16.2. The number of benzene rings is 1. The molecule has 1 aliphatic heterocycles. The van der Waals surface area contributed by atoms with Crippen molar-refractivity contribution in [3.05, 3.63) is 58.2 Å². The summed E-state index contributed by atoms with van der Waals surface area (Å²) < 4.78 is 6.21. The van der Waals surface area contributed by atoms with E-state index in [4.69, 9.17) is 4.74 Å². The van der Waals surface area contributed by atoms with Crippen LogP contribution in [-0.4, -0.2) is 11.2 Å². The van der Waals surface area contributed by atoms with Crippen molar-refractivity contribution >= 4 is 0 Å². The second-order valence-corrected chi connectivity index (χ2v) is 8.57. The highest BCUT2D eigenvalue weighted by Gasteiger charge is 2.21. The van der Waals surface area contributed by atoms with E-state index in [1.807, 2.05) is 13.0 Å². The Hall–Kier alpha value is -1.96. The lowest BCUT2D eigenvalue weighted by atomic mass is 9.96. The molecule has 0 aromatic heterocycles. The van der Waals surface area contributed by atoms with Crippen molar-refractivity contribution in [3.8, 4) is 11.5 Å². The topological polar surface area (TPSA) is 29.5 Å². The van der Waals surface area contributed by atoms with Crippen molar-refractivity contribution in [1.82, 2.24) is 0 Å². The number of phenolic OH excluding ortho intramolecular Hbond substituents is 1. The molecule has 0 amide bonds. The maximum Gasteiger partial charge on any atom is 0.126 e. The maximum atomic E-state index is 9.74. The highest BCUT2D eigenvalue weighted by Crippen LogP contribution is 2.35. The third kappa shape index (κ3) is 7.58. The van der Waals surface area contributed by atoms with Gasteiger partial charge in [0.15, 0.2) is 0 Å². The number of hydrogen-bond acceptors (Lipinski definition) is 2. The van der Waals surface area contributed by atoms with Gasteiger partial charge in [-0.15, -0.1) is 0 Å². The van der Waals surface area contributed by atoms with Gasteiger partial charge in [-0.3, -0.25) is 0 Å². The van der Waals surface area contributed by atoms with E-state index in [1.165, 1.54) is 23.1 Å². The Kier molecular flexibility index (Phi) is 8.89. The van der Waals surface area contributed by atoms with E-state index in [0.29, 0.717) is 5.75 Å². The molecule has 0 aliphatic carbocycles. The van der Waals surface area contributed by atoms with Gasteiger partial charge in [-0.2, -0.15) is 0 Å². The van der Waals surface area contributed by atoms with Gasteiger partial charge in [-0.25, -0.2) is 0 Å². The molecule has 1 aromatic rings. The minimum Gasteiger partial charge on any atom is -0.508 e. The van der Waals surface area contributed by atoms with Crippen LogP contribution in [0, 0.1) is 6.92 Å². The first-order valence-electron chi connectivity index (χ1n) is 10.8. The van der Waals surface area contributed by atoms with Crippen LogP contribution in [0.5, 0.6) is 11.5 Å². The summed E-state index contributed by atoms with van der Waals surface area (Å²) in [6.45, 7) is 10.8. The number of aromatic hydroxyl groups is 1. The first kappa shape index (κ1) is 22.3. The van der Waals surface area contributed by atoms with E-state index in [1.54, 1.807) is 6.07 Å². The number of ether oxygens (including phenoxy) is 1. The molecule has 2 rings (SSSR count). The second kappa shape index (κ2) is 11.1. The molecular weight excluding hydrogens is 344 g/mol. The molecule has 1 N–H and O–H groups in total. The molecule has 1 atom stereocenters. The number of rotatable bonds is 9. The smallest absolute Gasteiger partial charge is 0.126 e. The van der Waals surface area contributed by atoms with Gasteiger partial charge >= 0.3 is 0 Å². The van der Waals surface area contributed by atoms with Gasteiger partial charge in [-0.1, -0.05) is 34.9 Å². The average Bonchev–Trinajstić information content (AvgIpc) is 2.61. The fourth-order valence-corrected chi connectivity index (χ4v) is 3.78. The zero-order valence-electron chi connectivity index (χ0n) is 18.5. The summed E-state index contributed by atoms with van der Waals surface area (Å²) in [7, 11) is 0. The number of fused-ring (bicyclic) bond motifs is 1. The van der Waals surface area contributed by atoms with Gasteiger partial charge < -0.3 is 9.84 Å². The van der Waals surface area contributed by atoms with Gasteiger partial charge in [0, 0.05) is 0 Å². The molecule has 1 heterocycles. The Labute approximate surface area is 172 Å². The van der Waals surface area contributed by atoms with Crippen molar-refractivity contribution in [1.29, 1.82) is 0 Å². The van der Waals surface area contributed by atoms with Gasteiger partial charge in [0.25, 0.3) is 0 Å². The highest BCUT2D eigenvalue weighted by atomic mass is 16.5. The van der Waals surface area contributed by atoms with Crippen LogP contribution in [0.3, 0.4) is 0 Å². The van der Waals surface area contributed by atoms with Crippen molar-refractivity contribution in [2.24, 2.45) is 0 Å². The molecule has 2 nitrogen and oxygen atoms in total. The molecule has 0 saturated carbocycles. The molecule has 0 radical (unpaired) electrons. The van der Waals surface area contributed by atoms with Crippen LogP contribution >= 0.6 is 0 Å². The van der Waals surface area contributed by atoms with Crippen LogP contribution in [0.25, 0.3) is 0 Å². The lowest BCUT2D eigenvalue weighted by Crippen LogP contribution is -2.23. The minimum atomic E-state index is 0.289. The van der Waals surface area contributed by atoms with Crippen molar-refractivity contribution < 1.29 is 9.84 Å². The summed E-state index contributed by atoms with van der Waals surface area (Å²) in [5.41, 5.74) is 6.57. The molecule has 1 aliphatic rings. The van der Waals surface area contributed by atoms with Crippen molar-refractivity contribution in [3.63, 3.8) is 0 Å². The number of phenols is 1. The first-order chi connectivity index (χ1) is 13.3. The van der Waals surface area contributed by atoms with Crippen LogP contribution in [0.4, 0.5) is 0 Å². The summed E-state index contributed by atoms with van der Waals surface area (Å²) in [6, 6.07) is 3.64. The molecule has 0 bridgehead atoms. The molecule has 1 unspecified atom stereocenters.